The number of halogens is 1. The fourth-order valence-corrected chi connectivity index (χ4v) is 2.59. The first-order chi connectivity index (χ1) is 9.49. The molecule has 1 fully saturated rings. The van der Waals surface area contributed by atoms with Crippen LogP contribution in [0.5, 0.6) is 5.75 Å². The van der Waals surface area contributed by atoms with Gasteiger partial charge in [-0.3, -0.25) is 9.29 Å². The average Bonchev–Trinajstić information content (AvgIpc) is 2.86. The van der Waals surface area contributed by atoms with E-state index >= 15 is 0 Å². The molecule has 2 nitrogen and oxygen atoms in total. The Hall–Kier alpha value is -1.09. The van der Waals surface area contributed by atoms with Crippen molar-refractivity contribution in [1.29, 1.82) is 0 Å². The molecule has 0 aromatic heterocycles. The molecular formula is C17H26FNO. The Morgan fingerprint density at radius 3 is 2.50 bits per heavy atom. The van der Waals surface area contributed by atoms with E-state index in [0.717, 1.165) is 31.8 Å². The number of rotatable bonds is 5. The van der Waals surface area contributed by atoms with Gasteiger partial charge in [0.05, 0.1) is 6.67 Å². The van der Waals surface area contributed by atoms with Crippen molar-refractivity contribution in [1.82, 2.24) is 4.90 Å². The summed E-state index contributed by atoms with van der Waals surface area (Å²) in [6.07, 6.45) is 0.983. The first-order valence-corrected chi connectivity index (χ1v) is 7.50. The highest BCUT2D eigenvalue weighted by atomic mass is 19.1. The van der Waals surface area contributed by atoms with Gasteiger partial charge in [0.25, 0.3) is 0 Å². The molecule has 3 heteroatoms. The van der Waals surface area contributed by atoms with Crippen LogP contribution in [0.1, 0.15) is 32.8 Å². The molecule has 1 unspecified atom stereocenters. The number of hydrogen-bond acceptors (Lipinski definition) is 2. The van der Waals surface area contributed by atoms with Crippen LogP contribution in [0.2, 0.25) is 0 Å². The maximum atomic E-state index is 12.5. The lowest BCUT2D eigenvalue weighted by molar-refractivity contribution is 0.228. The third kappa shape index (κ3) is 4.20. The quantitative estimate of drug-likeness (QED) is 0.815. The van der Waals surface area contributed by atoms with Gasteiger partial charge in [0.15, 0.2) is 0 Å². The summed E-state index contributed by atoms with van der Waals surface area (Å²) in [5.41, 5.74) is 1.49. The molecule has 0 radical (unpaired) electrons. The van der Waals surface area contributed by atoms with E-state index in [2.05, 4.69) is 37.8 Å². The van der Waals surface area contributed by atoms with Gasteiger partial charge < -0.3 is 4.74 Å². The van der Waals surface area contributed by atoms with Crippen LogP contribution in [0, 0.1) is 5.92 Å². The Kier molecular flexibility index (Phi) is 5.03. The molecule has 1 aromatic carbocycles. The molecule has 1 heterocycles. The SMILES string of the molecule is CC(C)(C)c1ccc(OCCN2CCC(CF)C2)cc1. The second-order valence-corrected chi connectivity index (χ2v) is 6.73. The molecule has 1 aliphatic heterocycles. The van der Waals surface area contributed by atoms with Gasteiger partial charge in [-0.05, 0) is 36.1 Å². The summed E-state index contributed by atoms with van der Waals surface area (Å²) < 4.78 is 18.3. The first kappa shape index (κ1) is 15.3. The minimum absolute atomic E-state index is 0.176. The zero-order valence-electron chi connectivity index (χ0n) is 12.9. The van der Waals surface area contributed by atoms with E-state index in [0.29, 0.717) is 6.61 Å². The zero-order chi connectivity index (χ0) is 14.6. The van der Waals surface area contributed by atoms with Crippen LogP contribution in [0.25, 0.3) is 0 Å². The molecule has 1 saturated heterocycles. The van der Waals surface area contributed by atoms with Crippen LogP contribution in [-0.2, 0) is 5.41 Å². The molecule has 2 rings (SSSR count). The van der Waals surface area contributed by atoms with Gasteiger partial charge in [-0.25, -0.2) is 0 Å². The number of hydrogen-bond donors (Lipinski definition) is 0. The summed E-state index contributed by atoms with van der Waals surface area (Å²) in [6.45, 7) is 9.87. The Balaban J connectivity index is 1.75. The third-order valence-corrected chi connectivity index (χ3v) is 3.98. The molecule has 20 heavy (non-hydrogen) atoms. The zero-order valence-corrected chi connectivity index (χ0v) is 12.9. The molecule has 0 amide bonds. The molecule has 0 aliphatic carbocycles. The van der Waals surface area contributed by atoms with Crippen molar-refractivity contribution in [3.63, 3.8) is 0 Å². The fourth-order valence-electron chi connectivity index (χ4n) is 2.59. The van der Waals surface area contributed by atoms with Crippen LogP contribution in [0.15, 0.2) is 24.3 Å². The summed E-state index contributed by atoms with van der Waals surface area (Å²) in [6, 6.07) is 8.33. The minimum atomic E-state index is -0.189. The van der Waals surface area contributed by atoms with Crippen molar-refractivity contribution >= 4 is 0 Å². The predicted molar refractivity (Wildman–Crippen MR) is 81.2 cm³/mol. The fraction of sp³-hybridized carbons (Fsp3) is 0.647. The Morgan fingerprint density at radius 1 is 1.25 bits per heavy atom. The highest BCUT2D eigenvalue weighted by Crippen LogP contribution is 2.24. The van der Waals surface area contributed by atoms with Gasteiger partial charge in [-0.2, -0.15) is 0 Å². The molecule has 0 saturated carbocycles. The van der Waals surface area contributed by atoms with E-state index in [1.165, 1.54) is 5.56 Å². The summed E-state index contributed by atoms with van der Waals surface area (Å²) in [5.74, 6) is 1.15. The number of alkyl halides is 1. The molecular weight excluding hydrogens is 253 g/mol. The lowest BCUT2D eigenvalue weighted by Crippen LogP contribution is -2.26. The number of ether oxygens (including phenoxy) is 1. The molecule has 1 aromatic rings. The number of benzene rings is 1. The van der Waals surface area contributed by atoms with Crippen molar-refractivity contribution in [2.24, 2.45) is 5.92 Å². The monoisotopic (exact) mass is 279 g/mol. The number of likely N-dealkylation sites (tertiary alicyclic amines) is 1. The molecule has 1 atom stereocenters. The first-order valence-electron chi connectivity index (χ1n) is 7.50. The van der Waals surface area contributed by atoms with Crippen molar-refractivity contribution < 1.29 is 9.13 Å². The summed E-state index contributed by atoms with van der Waals surface area (Å²) >= 11 is 0. The maximum absolute atomic E-state index is 12.5. The smallest absolute Gasteiger partial charge is 0.119 e. The van der Waals surface area contributed by atoms with Crippen LogP contribution in [0.4, 0.5) is 4.39 Å². The molecule has 112 valence electrons. The van der Waals surface area contributed by atoms with Crippen molar-refractivity contribution in [2.45, 2.75) is 32.6 Å². The Labute approximate surface area is 121 Å². The van der Waals surface area contributed by atoms with E-state index in [1.807, 2.05) is 12.1 Å². The van der Waals surface area contributed by atoms with Crippen molar-refractivity contribution in [3.05, 3.63) is 29.8 Å². The summed E-state index contributed by atoms with van der Waals surface area (Å²) in [5, 5.41) is 0. The second kappa shape index (κ2) is 6.57. The van der Waals surface area contributed by atoms with Gasteiger partial charge >= 0.3 is 0 Å². The average molecular weight is 279 g/mol. The Bertz CT molecular complexity index is 410. The van der Waals surface area contributed by atoms with Crippen LogP contribution in [-0.4, -0.2) is 37.8 Å². The molecule has 1 aliphatic rings. The van der Waals surface area contributed by atoms with Crippen LogP contribution < -0.4 is 4.74 Å². The van der Waals surface area contributed by atoms with E-state index in [9.17, 15) is 4.39 Å². The van der Waals surface area contributed by atoms with E-state index in [4.69, 9.17) is 4.74 Å². The standard InChI is InChI=1S/C17H26FNO/c1-17(2,3)15-4-6-16(7-5-15)20-11-10-19-9-8-14(12-18)13-19/h4-7,14H,8-13H2,1-3H3. The number of nitrogens with zero attached hydrogens (tertiary/aromatic N) is 1. The van der Waals surface area contributed by atoms with Gasteiger partial charge in [0.1, 0.15) is 12.4 Å². The van der Waals surface area contributed by atoms with Gasteiger partial charge in [0.2, 0.25) is 0 Å². The third-order valence-electron chi connectivity index (χ3n) is 3.98. The van der Waals surface area contributed by atoms with Crippen LogP contribution >= 0.6 is 0 Å². The highest BCUT2D eigenvalue weighted by molar-refractivity contribution is 5.31. The highest BCUT2D eigenvalue weighted by Gasteiger charge is 2.21. The van der Waals surface area contributed by atoms with Crippen LogP contribution in [0.3, 0.4) is 0 Å². The lowest BCUT2D eigenvalue weighted by atomic mass is 9.87. The lowest BCUT2D eigenvalue weighted by Gasteiger charge is -2.19. The van der Waals surface area contributed by atoms with E-state index in [-0.39, 0.29) is 18.0 Å². The van der Waals surface area contributed by atoms with Crippen molar-refractivity contribution in [2.75, 3.05) is 32.9 Å². The van der Waals surface area contributed by atoms with E-state index in [1.54, 1.807) is 0 Å². The molecule has 0 bridgehead atoms. The predicted octanol–water partition coefficient (Wildman–Crippen LogP) is 3.65. The van der Waals surface area contributed by atoms with Gasteiger partial charge in [0, 0.05) is 19.0 Å². The minimum Gasteiger partial charge on any atom is -0.492 e. The van der Waals surface area contributed by atoms with Gasteiger partial charge in [-0.1, -0.05) is 32.9 Å². The summed E-state index contributed by atoms with van der Waals surface area (Å²) in [4.78, 5) is 2.29. The van der Waals surface area contributed by atoms with Gasteiger partial charge in [-0.15, -0.1) is 0 Å². The Morgan fingerprint density at radius 2 is 1.95 bits per heavy atom. The molecule has 0 N–H and O–H groups in total. The summed E-state index contributed by atoms with van der Waals surface area (Å²) in [7, 11) is 0. The molecule has 0 spiro atoms. The largest absolute Gasteiger partial charge is 0.492 e. The normalized spacial score (nSPS) is 20.3. The van der Waals surface area contributed by atoms with E-state index < -0.39 is 0 Å². The maximum Gasteiger partial charge on any atom is 0.119 e. The second-order valence-electron chi connectivity index (χ2n) is 6.73. The topological polar surface area (TPSA) is 12.5 Å². The van der Waals surface area contributed by atoms with Crippen molar-refractivity contribution in [3.8, 4) is 5.75 Å².